The Morgan fingerprint density at radius 1 is 1.15 bits per heavy atom. The molecule has 2 bridgehead atoms. The average molecular weight is 272 g/mol. The third-order valence-electron chi connectivity index (χ3n) is 4.83. The topological polar surface area (TPSA) is 46.3 Å². The molecule has 2 heterocycles. The van der Waals surface area contributed by atoms with Crippen LogP contribution >= 0.6 is 0 Å². The standard InChI is InChI=1S/C17H24N2O/c1-11(2)12-3-5-13(6-4-12)17(20)19-15-7-8-16(19)10-14(18)9-15/h3-6,11,14-16H,7-10,18H2,1-2H3. The van der Waals surface area contributed by atoms with Gasteiger partial charge >= 0.3 is 0 Å². The summed E-state index contributed by atoms with van der Waals surface area (Å²) in [6, 6.07) is 9.12. The number of rotatable bonds is 2. The molecule has 1 aromatic rings. The van der Waals surface area contributed by atoms with Crippen LogP contribution in [0.2, 0.25) is 0 Å². The van der Waals surface area contributed by atoms with Crippen LogP contribution in [0.15, 0.2) is 24.3 Å². The minimum Gasteiger partial charge on any atom is -0.333 e. The van der Waals surface area contributed by atoms with Gasteiger partial charge in [-0.3, -0.25) is 4.79 Å². The van der Waals surface area contributed by atoms with Crippen LogP contribution < -0.4 is 5.73 Å². The van der Waals surface area contributed by atoms with Gasteiger partial charge < -0.3 is 10.6 Å². The molecule has 2 atom stereocenters. The maximum absolute atomic E-state index is 12.7. The lowest BCUT2D eigenvalue weighted by atomic mass is 9.96. The van der Waals surface area contributed by atoms with Crippen molar-refractivity contribution in [2.75, 3.05) is 0 Å². The van der Waals surface area contributed by atoms with Crippen molar-refractivity contribution in [1.29, 1.82) is 0 Å². The van der Waals surface area contributed by atoms with Gasteiger partial charge in [-0.25, -0.2) is 0 Å². The third-order valence-corrected chi connectivity index (χ3v) is 4.83. The fourth-order valence-electron chi connectivity index (χ4n) is 3.71. The molecule has 2 N–H and O–H groups in total. The summed E-state index contributed by atoms with van der Waals surface area (Å²) in [6.45, 7) is 4.34. The van der Waals surface area contributed by atoms with Gasteiger partial charge in [0.05, 0.1) is 0 Å². The van der Waals surface area contributed by atoms with E-state index in [9.17, 15) is 4.79 Å². The Balaban J connectivity index is 1.79. The Morgan fingerprint density at radius 3 is 2.20 bits per heavy atom. The summed E-state index contributed by atoms with van der Waals surface area (Å²) in [4.78, 5) is 14.8. The molecular formula is C17H24N2O. The lowest BCUT2D eigenvalue weighted by molar-refractivity contribution is 0.0575. The zero-order valence-electron chi connectivity index (χ0n) is 12.4. The number of amides is 1. The largest absolute Gasteiger partial charge is 0.333 e. The van der Waals surface area contributed by atoms with Crippen molar-refractivity contribution in [3.8, 4) is 0 Å². The van der Waals surface area contributed by atoms with Gasteiger partial charge in [-0.05, 0) is 49.3 Å². The number of carbonyl (C=O) groups excluding carboxylic acids is 1. The molecule has 2 aliphatic heterocycles. The summed E-state index contributed by atoms with van der Waals surface area (Å²) < 4.78 is 0. The van der Waals surface area contributed by atoms with Crippen molar-refractivity contribution in [2.24, 2.45) is 5.73 Å². The first kappa shape index (κ1) is 13.6. The van der Waals surface area contributed by atoms with E-state index in [0.717, 1.165) is 31.2 Å². The summed E-state index contributed by atoms with van der Waals surface area (Å²) in [5, 5.41) is 0. The van der Waals surface area contributed by atoms with E-state index in [1.165, 1.54) is 5.56 Å². The van der Waals surface area contributed by atoms with Crippen LogP contribution in [0.4, 0.5) is 0 Å². The van der Waals surface area contributed by atoms with E-state index < -0.39 is 0 Å². The molecule has 0 aromatic heterocycles. The molecule has 0 radical (unpaired) electrons. The molecule has 3 rings (SSSR count). The fraction of sp³-hybridized carbons (Fsp3) is 0.588. The van der Waals surface area contributed by atoms with Crippen LogP contribution in [0.1, 0.15) is 61.4 Å². The van der Waals surface area contributed by atoms with E-state index in [0.29, 0.717) is 18.0 Å². The molecule has 108 valence electrons. The highest BCUT2D eigenvalue weighted by atomic mass is 16.2. The molecule has 20 heavy (non-hydrogen) atoms. The monoisotopic (exact) mass is 272 g/mol. The van der Waals surface area contributed by atoms with Crippen LogP contribution in [-0.4, -0.2) is 28.9 Å². The summed E-state index contributed by atoms with van der Waals surface area (Å²) >= 11 is 0. The first-order chi connectivity index (χ1) is 9.56. The van der Waals surface area contributed by atoms with E-state index in [2.05, 4.69) is 30.9 Å². The van der Waals surface area contributed by atoms with Gasteiger partial charge in [-0.15, -0.1) is 0 Å². The van der Waals surface area contributed by atoms with Gasteiger partial charge in [0.25, 0.3) is 5.91 Å². The Kier molecular flexibility index (Phi) is 3.55. The number of nitrogens with two attached hydrogens (primary N) is 1. The first-order valence-corrected chi connectivity index (χ1v) is 7.74. The molecule has 1 amide bonds. The van der Waals surface area contributed by atoms with Crippen LogP contribution in [-0.2, 0) is 0 Å². The molecule has 2 aliphatic rings. The molecule has 0 aliphatic carbocycles. The maximum Gasteiger partial charge on any atom is 0.254 e. The maximum atomic E-state index is 12.7. The predicted octanol–water partition coefficient (Wildman–Crippen LogP) is 2.90. The summed E-state index contributed by atoms with van der Waals surface area (Å²) in [6.07, 6.45) is 4.17. The van der Waals surface area contributed by atoms with Gasteiger partial charge in [0, 0.05) is 23.7 Å². The van der Waals surface area contributed by atoms with E-state index in [1.807, 2.05) is 12.1 Å². The van der Waals surface area contributed by atoms with Crippen molar-refractivity contribution in [1.82, 2.24) is 4.90 Å². The molecule has 2 fully saturated rings. The Hall–Kier alpha value is -1.35. The minimum absolute atomic E-state index is 0.194. The summed E-state index contributed by atoms with van der Waals surface area (Å²) in [5.41, 5.74) is 8.18. The third kappa shape index (κ3) is 2.35. The molecule has 1 aromatic carbocycles. The Bertz CT molecular complexity index is 480. The summed E-state index contributed by atoms with van der Waals surface area (Å²) in [5.74, 6) is 0.697. The van der Waals surface area contributed by atoms with E-state index >= 15 is 0 Å². The number of nitrogens with zero attached hydrogens (tertiary/aromatic N) is 1. The van der Waals surface area contributed by atoms with Gasteiger partial charge in [0.15, 0.2) is 0 Å². The predicted molar refractivity (Wildman–Crippen MR) is 80.7 cm³/mol. The van der Waals surface area contributed by atoms with Crippen LogP contribution in [0.25, 0.3) is 0 Å². The fourth-order valence-corrected chi connectivity index (χ4v) is 3.71. The second-order valence-electron chi connectivity index (χ2n) is 6.61. The highest BCUT2D eigenvalue weighted by molar-refractivity contribution is 5.95. The molecule has 0 saturated carbocycles. The molecule has 3 nitrogen and oxygen atoms in total. The normalized spacial score (nSPS) is 29.0. The molecule has 3 heteroatoms. The Labute approximate surface area is 121 Å². The second-order valence-corrected chi connectivity index (χ2v) is 6.61. The van der Waals surface area contributed by atoms with Gasteiger partial charge in [-0.2, -0.15) is 0 Å². The molecule has 2 unspecified atom stereocenters. The lowest BCUT2D eigenvalue weighted by Crippen LogP contribution is -2.50. The smallest absolute Gasteiger partial charge is 0.254 e. The zero-order valence-corrected chi connectivity index (χ0v) is 12.4. The highest BCUT2D eigenvalue weighted by Gasteiger charge is 2.42. The first-order valence-electron chi connectivity index (χ1n) is 7.74. The Morgan fingerprint density at radius 2 is 1.70 bits per heavy atom. The van der Waals surface area contributed by atoms with Gasteiger partial charge in [0.1, 0.15) is 0 Å². The number of hydrogen-bond donors (Lipinski definition) is 1. The second kappa shape index (κ2) is 5.21. The quantitative estimate of drug-likeness (QED) is 0.899. The number of piperidine rings is 1. The van der Waals surface area contributed by atoms with Crippen LogP contribution in [0, 0.1) is 0 Å². The number of fused-ring (bicyclic) bond motifs is 2. The number of benzene rings is 1. The van der Waals surface area contributed by atoms with Crippen molar-refractivity contribution in [3.63, 3.8) is 0 Å². The van der Waals surface area contributed by atoms with Crippen molar-refractivity contribution < 1.29 is 4.79 Å². The van der Waals surface area contributed by atoms with Gasteiger partial charge in [0.2, 0.25) is 0 Å². The van der Waals surface area contributed by atoms with Crippen molar-refractivity contribution >= 4 is 5.91 Å². The average Bonchev–Trinajstić information content (AvgIpc) is 2.70. The van der Waals surface area contributed by atoms with Crippen molar-refractivity contribution in [3.05, 3.63) is 35.4 Å². The molecular weight excluding hydrogens is 248 g/mol. The van der Waals surface area contributed by atoms with Crippen molar-refractivity contribution in [2.45, 2.75) is 63.6 Å². The van der Waals surface area contributed by atoms with E-state index in [4.69, 9.17) is 5.73 Å². The number of carbonyl (C=O) groups is 1. The number of hydrogen-bond acceptors (Lipinski definition) is 2. The SMILES string of the molecule is CC(C)c1ccc(C(=O)N2C3CCC2CC(N)C3)cc1. The molecule has 0 spiro atoms. The highest BCUT2D eigenvalue weighted by Crippen LogP contribution is 2.36. The van der Waals surface area contributed by atoms with E-state index in [-0.39, 0.29) is 11.9 Å². The summed E-state index contributed by atoms with van der Waals surface area (Å²) in [7, 11) is 0. The zero-order chi connectivity index (χ0) is 14.3. The molecule has 2 saturated heterocycles. The van der Waals surface area contributed by atoms with Gasteiger partial charge in [-0.1, -0.05) is 26.0 Å². The van der Waals surface area contributed by atoms with Crippen LogP contribution in [0.3, 0.4) is 0 Å². The van der Waals surface area contributed by atoms with E-state index in [1.54, 1.807) is 0 Å². The minimum atomic E-state index is 0.194. The lowest BCUT2D eigenvalue weighted by Gasteiger charge is -2.37. The van der Waals surface area contributed by atoms with Crippen LogP contribution in [0.5, 0.6) is 0 Å².